The van der Waals surface area contributed by atoms with E-state index in [1.165, 1.54) is 0 Å². The van der Waals surface area contributed by atoms with E-state index < -0.39 is 5.97 Å². The van der Waals surface area contributed by atoms with E-state index in [4.69, 9.17) is 4.74 Å². The Kier molecular flexibility index (Phi) is 7.15. The summed E-state index contributed by atoms with van der Waals surface area (Å²) in [6, 6.07) is 3.89. The van der Waals surface area contributed by atoms with E-state index in [0.717, 1.165) is 49.9 Å². The molecule has 2 fully saturated rings. The summed E-state index contributed by atoms with van der Waals surface area (Å²) in [4.78, 5) is 40.6. The second kappa shape index (κ2) is 10.2. The van der Waals surface area contributed by atoms with Crippen molar-refractivity contribution in [3.8, 4) is 0 Å². The minimum absolute atomic E-state index is 0.0575. The van der Waals surface area contributed by atoms with Crippen LogP contribution in [0.1, 0.15) is 61.4 Å². The first-order valence-electron chi connectivity index (χ1n) is 11.9. The molecule has 4 heterocycles. The van der Waals surface area contributed by atoms with Gasteiger partial charge in [0.15, 0.2) is 0 Å². The molecule has 0 radical (unpaired) electrons. The molecule has 0 bridgehead atoms. The van der Waals surface area contributed by atoms with Crippen molar-refractivity contribution in [3.63, 3.8) is 0 Å². The summed E-state index contributed by atoms with van der Waals surface area (Å²) < 4.78 is 6.61. The molecular formula is C24H33N5O4. The van der Waals surface area contributed by atoms with Gasteiger partial charge in [-0.2, -0.15) is 5.10 Å². The number of carbonyl (C=O) groups excluding carboxylic acids is 3. The first-order chi connectivity index (χ1) is 16.0. The molecular weight excluding hydrogens is 422 g/mol. The number of aromatic nitrogens is 2. The van der Waals surface area contributed by atoms with Crippen LogP contribution in [0.25, 0.3) is 5.52 Å². The van der Waals surface area contributed by atoms with Crippen molar-refractivity contribution in [2.45, 2.75) is 45.4 Å². The van der Waals surface area contributed by atoms with Gasteiger partial charge >= 0.3 is 12.0 Å². The topological polar surface area (TPSA) is 96.2 Å². The van der Waals surface area contributed by atoms with Gasteiger partial charge in [-0.1, -0.05) is 6.92 Å². The second-order valence-electron chi connectivity index (χ2n) is 9.05. The number of rotatable bonds is 5. The Bertz CT molecular complexity index is 1000. The highest BCUT2D eigenvalue weighted by Gasteiger charge is 2.27. The standard InChI is InChI=1S/C24H33N5O4/c1-3-33-22(30)16-25-24(32)28-11-6-18(7-12-28)19-8-13-29-21(14-19)20(15-26-29)23(31)27-9-4-17(2)5-10-27/h8,13-15,17-18H,3-7,9-12,16H2,1-2H3,(H,25,32). The van der Waals surface area contributed by atoms with Crippen LogP contribution in [-0.2, 0) is 9.53 Å². The van der Waals surface area contributed by atoms with Crippen molar-refractivity contribution in [1.82, 2.24) is 24.7 Å². The minimum Gasteiger partial charge on any atom is -0.465 e. The van der Waals surface area contributed by atoms with Gasteiger partial charge in [-0.25, -0.2) is 9.31 Å². The predicted octanol–water partition coefficient (Wildman–Crippen LogP) is 2.66. The summed E-state index contributed by atoms with van der Waals surface area (Å²) in [5, 5.41) is 7.01. The number of ether oxygens (including phenoxy) is 1. The maximum absolute atomic E-state index is 13.1. The summed E-state index contributed by atoms with van der Waals surface area (Å²) in [6.45, 7) is 6.98. The number of urea groups is 1. The van der Waals surface area contributed by atoms with Gasteiger partial charge in [-0.15, -0.1) is 0 Å². The maximum atomic E-state index is 13.1. The van der Waals surface area contributed by atoms with Crippen LogP contribution in [-0.4, -0.2) is 76.7 Å². The summed E-state index contributed by atoms with van der Waals surface area (Å²) in [7, 11) is 0. The Morgan fingerprint density at radius 3 is 2.48 bits per heavy atom. The van der Waals surface area contributed by atoms with E-state index in [1.54, 1.807) is 22.5 Å². The molecule has 3 amide bonds. The Balaban J connectivity index is 1.38. The predicted molar refractivity (Wildman–Crippen MR) is 123 cm³/mol. The molecule has 0 aliphatic carbocycles. The third-order valence-electron chi connectivity index (χ3n) is 6.79. The van der Waals surface area contributed by atoms with Crippen LogP contribution in [0, 0.1) is 5.92 Å². The quantitative estimate of drug-likeness (QED) is 0.700. The number of amides is 3. The zero-order valence-corrected chi connectivity index (χ0v) is 19.5. The van der Waals surface area contributed by atoms with E-state index in [9.17, 15) is 14.4 Å². The summed E-state index contributed by atoms with van der Waals surface area (Å²) in [5.74, 6) is 0.599. The van der Waals surface area contributed by atoms with E-state index in [2.05, 4.69) is 29.5 Å². The largest absolute Gasteiger partial charge is 0.465 e. The van der Waals surface area contributed by atoms with E-state index >= 15 is 0 Å². The molecule has 33 heavy (non-hydrogen) atoms. The van der Waals surface area contributed by atoms with Gasteiger partial charge in [0.05, 0.1) is 23.9 Å². The fourth-order valence-electron chi connectivity index (χ4n) is 4.69. The lowest BCUT2D eigenvalue weighted by molar-refractivity contribution is -0.141. The Morgan fingerprint density at radius 2 is 1.79 bits per heavy atom. The Labute approximate surface area is 194 Å². The van der Waals surface area contributed by atoms with Crippen LogP contribution >= 0.6 is 0 Å². The van der Waals surface area contributed by atoms with Gasteiger partial charge in [0, 0.05) is 32.4 Å². The fourth-order valence-corrected chi connectivity index (χ4v) is 4.69. The Morgan fingerprint density at radius 1 is 1.09 bits per heavy atom. The Hall–Kier alpha value is -3.10. The van der Waals surface area contributed by atoms with Crippen molar-refractivity contribution in [3.05, 3.63) is 35.7 Å². The number of nitrogens with one attached hydrogen (secondary N) is 1. The molecule has 0 unspecified atom stereocenters. The highest BCUT2D eigenvalue weighted by atomic mass is 16.5. The molecule has 9 nitrogen and oxygen atoms in total. The number of hydrogen-bond donors (Lipinski definition) is 1. The molecule has 2 aromatic rings. The minimum atomic E-state index is -0.431. The fraction of sp³-hybridized carbons (Fsp3) is 0.583. The average molecular weight is 456 g/mol. The molecule has 2 aliphatic rings. The lowest BCUT2D eigenvalue weighted by Crippen LogP contribution is -2.45. The van der Waals surface area contributed by atoms with Crippen LogP contribution in [0.3, 0.4) is 0 Å². The van der Waals surface area contributed by atoms with Gasteiger partial charge in [-0.05, 0) is 62.1 Å². The number of pyridine rings is 1. The second-order valence-corrected chi connectivity index (χ2v) is 9.05. The molecule has 1 N–H and O–H groups in total. The number of piperidine rings is 2. The first-order valence-corrected chi connectivity index (χ1v) is 11.9. The van der Waals surface area contributed by atoms with E-state index in [1.807, 2.05) is 11.1 Å². The highest BCUT2D eigenvalue weighted by Crippen LogP contribution is 2.30. The van der Waals surface area contributed by atoms with Crippen LogP contribution < -0.4 is 5.32 Å². The summed E-state index contributed by atoms with van der Waals surface area (Å²) in [5.41, 5.74) is 2.66. The molecule has 0 saturated carbocycles. The van der Waals surface area contributed by atoms with Crippen molar-refractivity contribution >= 4 is 23.4 Å². The molecule has 2 aromatic heterocycles. The lowest BCUT2D eigenvalue weighted by atomic mass is 9.89. The van der Waals surface area contributed by atoms with Crippen molar-refractivity contribution < 1.29 is 19.1 Å². The van der Waals surface area contributed by atoms with Crippen LogP contribution in [0.4, 0.5) is 4.79 Å². The number of nitrogens with zero attached hydrogens (tertiary/aromatic N) is 4. The van der Waals surface area contributed by atoms with Gasteiger partial charge in [0.2, 0.25) is 0 Å². The molecule has 2 saturated heterocycles. The number of fused-ring (bicyclic) bond motifs is 1. The zero-order valence-electron chi connectivity index (χ0n) is 19.5. The average Bonchev–Trinajstić information content (AvgIpc) is 3.26. The first kappa shape index (κ1) is 23.1. The number of carbonyl (C=O) groups is 3. The molecule has 0 atom stereocenters. The van der Waals surface area contributed by atoms with Gasteiger partial charge in [0.1, 0.15) is 6.54 Å². The monoisotopic (exact) mass is 455 g/mol. The van der Waals surface area contributed by atoms with Gasteiger partial charge < -0.3 is 19.9 Å². The normalized spacial score (nSPS) is 17.9. The number of esters is 1. The SMILES string of the molecule is CCOC(=O)CNC(=O)N1CCC(c2ccn3ncc(C(=O)N4CCC(C)CC4)c3c2)CC1. The third-order valence-corrected chi connectivity index (χ3v) is 6.79. The lowest BCUT2D eigenvalue weighted by Gasteiger charge is -2.32. The molecule has 9 heteroatoms. The molecule has 0 aromatic carbocycles. The van der Waals surface area contributed by atoms with E-state index in [-0.39, 0.29) is 18.5 Å². The van der Waals surface area contributed by atoms with E-state index in [0.29, 0.717) is 37.1 Å². The van der Waals surface area contributed by atoms with Gasteiger partial charge in [-0.3, -0.25) is 9.59 Å². The van der Waals surface area contributed by atoms with Crippen molar-refractivity contribution in [2.24, 2.45) is 5.92 Å². The van der Waals surface area contributed by atoms with Crippen LogP contribution in [0.5, 0.6) is 0 Å². The van der Waals surface area contributed by atoms with Crippen LogP contribution in [0.2, 0.25) is 0 Å². The van der Waals surface area contributed by atoms with Crippen LogP contribution in [0.15, 0.2) is 24.5 Å². The molecule has 0 spiro atoms. The van der Waals surface area contributed by atoms with Crippen molar-refractivity contribution in [1.29, 1.82) is 0 Å². The number of likely N-dealkylation sites (tertiary alicyclic amines) is 2. The molecule has 4 rings (SSSR count). The smallest absolute Gasteiger partial charge is 0.325 e. The molecule has 178 valence electrons. The maximum Gasteiger partial charge on any atom is 0.325 e. The zero-order chi connectivity index (χ0) is 23.4. The third kappa shape index (κ3) is 5.29. The summed E-state index contributed by atoms with van der Waals surface area (Å²) in [6.07, 6.45) is 7.33. The molecule has 2 aliphatic heterocycles. The summed E-state index contributed by atoms with van der Waals surface area (Å²) >= 11 is 0. The van der Waals surface area contributed by atoms with Gasteiger partial charge in [0.25, 0.3) is 5.91 Å². The van der Waals surface area contributed by atoms with Crippen molar-refractivity contribution in [2.75, 3.05) is 39.3 Å². The number of hydrogen-bond acceptors (Lipinski definition) is 5. The highest BCUT2D eigenvalue weighted by molar-refractivity contribution is 6.00.